The van der Waals surface area contributed by atoms with Crippen LogP contribution >= 0.6 is 12.2 Å². The highest BCUT2D eigenvalue weighted by molar-refractivity contribution is 7.71. The van der Waals surface area contributed by atoms with Crippen LogP contribution < -0.4 is 5.56 Å². The first-order chi connectivity index (χ1) is 8.74. The van der Waals surface area contributed by atoms with Gasteiger partial charge in [0.2, 0.25) is 5.89 Å². The molecule has 90 valence electrons. The summed E-state index contributed by atoms with van der Waals surface area (Å²) in [4.78, 5) is 16.5. The summed E-state index contributed by atoms with van der Waals surface area (Å²) < 4.78 is 6.54. The number of aromatic amines is 1. The van der Waals surface area contributed by atoms with Crippen molar-refractivity contribution < 1.29 is 4.42 Å². The average Bonchev–Trinajstić information content (AvgIpc) is 2.79. The third-order valence-corrected chi connectivity index (χ3v) is 2.69. The van der Waals surface area contributed by atoms with Crippen molar-refractivity contribution in [2.75, 3.05) is 0 Å². The molecule has 0 aliphatic rings. The first-order valence-corrected chi connectivity index (χ1v) is 5.63. The van der Waals surface area contributed by atoms with E-state index in [4.69, 9.17) is 16.6 Å². The van der Waals surface area contributed by atoms with Gasteiger partial charge in [0.1, 0.15) is 6.54 Å². The van der Waals surface area contributed by atoms with Crippen molar-refractivity contribution in [2.45, 2.75) is 6.54 Å². The third-order valence-electron chi connectivity index (χ3n) is 2.52. The number of aromatic nitrogens is 4. The van der Waals surface area contributed by atoms with Gasteiger partial charge >= 0.3 is 0 Å². The molecule has 0 spiro atoms. The number of H-pyrrole nitrogens is 1. The third kappa shape index (κ3) is 1.84. The minimum atomic E-state index is -0.135. The maximum absolute atomic E-state index is 12.2. The van der Waals surface area contributed by atoms with Crippen LogP contribution in [0.1, 0.15) is 5.89 Å². The van der Waals surface area contributed by atoms with Gasteiger partial charge in [0.25, 0.3) is 10.4 Å². The predicted molar refractivity (Wildman–Crippen MR) is 66.8 cm³/mol. The number of hydrogen-bond acceptors (Lipinski definition) is 5. The molecule has 0 bridgehead atoms. The van der Waals surface area contributed by atoms with Crippen LogP contribution in [0.25, 0.3) is 10.9 Å². The molecule has 7 heteroatoms. The normalized spacial score (nSPS) is 10.9. The standard InChI is InChI=1S/C11H8N4O2S/c16-10-7-3-1-2-4-8(7)12-6-15(10)5-9-13-14-11(18)17-9/h1-4,6H,5H2,(H,14,18). The van der Waals surface area contributed by atoms with Crippen molar-refractivity contribution in [2.24, 2.45) is 0 Å². The summed E-state index contributed by atoms with van der Waals surface area (Å²) in [7, 11) is 0. The molecule has 0 saturated carbocycles. The molecule has 0 atom stereocenters. The molecule has 18 heavy (non-hydrogen) atoms. The number of para-hydroxylation sites is 1. The predicted octanol–water partition coefficient (Wildman–Crippen LogP) is 1.49. The molecule has 3 rings (SSSR count). The Morgan fingerprint density at radius 1 is 1.39 bits per heavy atom. The van der Waals surface area contributed by atoms with Gasteiger partial charge in [0.15, 0.2) is 0 Å². The van der Waals surface area contributed by atoms with Gasteiger partial charge in [0.05, 0.1) is 17.2 Å². The van der Waals surface area contributed by atoms with Gasteiger partial charge in [-0.3, -0.25) is 9.36 Å². The lowest BCUT2D eigenvalue weighted by Gasteiger charge is -2.03. The highest BCUT2D eigenvalue weighted by Gasteiger charge is 2.06. The van der Waals surface area contributed by atoms with Gasteiger partial charge in [-0.1, -0.05) is 12.1 Å². The lowest BCUT2D eigenvalue weighted by molar-refractivity contribution is 0.462. The second-order valence-corrected chi connectivity index (χ2v) is 4.07. The van der Waals surface area contributed by atoms with E-state index < -0.39 is 0 Å². The molecule has 0 radical (unpaired) electrons. The Morgan fingerprint density at radius 3 is 3.00 bits per heavy atom. The van der Waals surface area contributed by atoms with Crippen molar-refractivity contribution in [1.82, 2.24) is 19.7 Å². The molecule has 0 aliphatic heterocycles. The molecule has 0 fully saturated rings. The number of nitrogens with zero attached hydrogens (tertiary/aromatic N) is 3. The van der Waals surface area contributed by atoms with Crippen LogP contribution in [0, 0.1) is 4.84 Å². The summed E-state index contributed by atoms with van der Waals surface area (Å²) in [6.07, 6.45) is 1.47. The molecule has 0 saturated heterocycles. The first kappa shape index (κ1) is 10.8. The van der Waals surface area contributed by atoms with E-state index in [1.807, 2.05) is 6.07 Å². The van der Waals surface area contributed by atoms with Gasteiger partial charge in [-0.15, -0.1) is 5.10 Å². The van der Waals surface area contributed by atoms with Gasteiger partial charge < -0.3 is 4.42 Å². The van der Waals surface area contributed by atoms with E-state index in [-0.39, 0.29) is 16.9 Å². The summed E-state index contributed by atoms with van der Waals surface area (Å²) in [6.45, 7) is 0.198. The molecule has 3 aromatic rings. The SMILES string of the molecule is O=c1c2ccccc2ncn1Cc1n[nH]c(=S)o1. The van der Waals surface area contributed by atoms with Crippen molar-refractivity contribution in [3.63, 3.8) is 0 Å². The number of benzene rings is 1. The summed E-state index contributed by atoms with van der Waals surface area (Å²) in [6, 6.07) is 7.17. The summed E-state index contributed by atoms with van der Waals surface area (Å²) in [5.41, 5.74) is 0.534. The Labute approximate surface area is 106 Å². The van der Waals surface area contributed by atoms with Gasteiger partial charge in [-0.05, 0) is 24.4 Å². The zero-order chi connectivity index (χ0) is 12.5. The highest BCUT2D eigenvalue weighted by atomic mass is 32.1. The fraction of sp³-hybridized carbons (Fsp3) is 0.0909. The van der Waals surface area contributed by atoms with Crippen LogP contribution in [0.2, 0.25) is 0 Å². The minimum Gasteiger partial charge on any atom is -0.412 e. The second kappa shape index (κ2) is 4.19. The van der Waals surface area contributed by atoms with Crippen LogP contribution in [0.5, 0.6) is 0 Å². The maximum atomic E-state index is 12.2. The van der Waals surface area contributed by atoms with Crippen LogP contribution in [-0.2, 0) is 6.54 Å². The second-order valence-electron chi connectivity index (χ2n) is 3.70. The molecule has 1 N–H and O–H groups in total. The lowest BCUT2D eigenvalue weighted by atomic mass is 10.2. The monoisotopic (exact) mass is 260 g/mol. The molecular weight excluding hydrogens is 252 g/mol. The van der Waals surface area contributed by atoms with Crippen molar-refractivity contribution >= 4 is 23.1 Å². The van der Waals surface area contributed by atoms with Crippen molar-refractivity contribution in [1.29, 1.82) is 0 Å². The summed E-state index contributed by atoms with van der Waals surface area (Å²) >= 11 is 4.77. The maximum Gasteiger partial charge on any atom is 0.284 e. The smallest absolute Gasteiger partial charge is 0.284 e. The van der Waals surface area contributed by atoms with E-state index in [2.05, 4.69) is 15.2 Å². The van der Waals surface area contributed by atoms with E-state index >= 15 is 0 Å². The Bertz CT molecular complexity index is 817. The van der Waals surface area contributed by atoms with E-state index in [0.29, 0.717) is 16.8 Å². The molecule has 6 nitrogen and oxygen atoms in total. The summed E-state index contributed by atoms with van der Waals surface area (Å²) in [5, 5.41) is 6.92. The van der Waals surface area contributed by atoms with Crippen molar-refractivity contribution in [3.05, 3.63) is 51.7 Å². The molecule has 0 amide bonds. The Hall–Kier alpha value is -2.28. The lowest BCUT2D eigenvalue weighted by Crippen LogP contribution is -2.21. The Morgan fingerprint density at radius 2 is 2.22 bits per heavy atom. The first-order valence-electron chi connectivity index (χ1n) is 5.22. The number of hydrogen-bond donors (Lipinski definition) is 1. The van der Waals surface area contributed by atoms with Crippen LogP contribution in [-0.4, -0.2) is 19.7 Å². The topological polar surface area (TPSA) is 76.7 Å². The van der Waals surface area contributed by atoms with Gasteiger partial charge in [-0.25, -0.2) is 10.1 Å². The average molecular weight is 260 g/mol. The molecular formula is C11H8N4O2S. The molecule has 0 aliphatic carbocycles. The van der Waals surface area contributed by atoms with Gasteiger partial charge in [0, 0.05) is 0 Å². The van der Waals surface area contributed by atoms with Crippen LogP contribution in [0.15, 0.2) is 39.8 Å². The fourth-order valence-corrected chi connectivity index (χ4v) is 1.83. The Kier molecular flexibility index (Phi) is 2.52. The zero-order valence-corrected chi connectivity index (χ0v) is 9.98. The minimum absolute atomic E-state index is 0.135. The van der Waals surface area contributed by atoms with Crippen LogP contribution in [0.3, 0.4) is 0 Å². The molecule has 2 heterocycles. The number of fused-ring (bicyclic) bond motifs is 1. The zero-order valence-electron chi connectivity index (χ0n) is 9.16. The van der Waals surface area contributed by atoms with E-state index in [1.165, 1.54) is 10.9 Å². The number of nitrogens with one attached hydrogen (secondary N) is 1. The van der Waals surface area contributed by atoms with E-state index in [9.17, 15) is 4.79 Å². The van der Waals surface area contributed by atoms with E-state index in [0.717, 1.165) is 0 Å². The molecule has 1 aromatic carbocycles. The van der Waals surface area contributed by atoms with Gasteiger partial charge in [-0.2, -0.15) is 0 Å². The highest BCUT2D eigenvalue weighted by Crippen LogP contribution is 2.05. The fourth-order valence-electron chi connectivity index (χ4n) is 1.69. The summed E-state index contributed by atoms with van der Waals surface area (Å²) in [5.74, 6) is 0.346. The van der Waals surface area contributed by atoms with Crippen LogP contribution in [0.4, 0.5) is 0 Å². The van der Waals surface area contributed by atoms with E-state index in [1.54, 1.807) is 18.2 Å². The molecule has 0 unspecified atom stereocenters. The molecule has 2 aromatic heterocycles. The van der Waals surface area contributed by atoms with Crippen molar-refractivity contribution in [3.8, 4) is 0 Å². The largest absolute Gasteiger partial charge is 0.412 e. The number of rotatable bonds is 2. The Balaban J connectivity index is 2.10. The quantitative estimate of drug-likeness (QED) is 0.706.